The van der Waals surface area contributed by atoms with Crippen molar-refractivity contribution in [1.29, 1.82) is 0 Å². The van der Waals surface area contributed by atoms with Crippen molar-refractivity contribution >= 4 is 0 Å². The molecule has 0 fully saturated rings. The van der Waals surface area contributed by atoms with Gasteiger partial charge in [-0.05, 0) is 26.2 Å². The minimum atomic E-state index is 0.390. The van der Waals surface area contributed by atoms with Crippen molar-refractivity contribution in [3.8, 4) is 0 Å². The van der Waals surface area contributed by atoms with Gasteiger partial charge < -0.3 is 4.74 Å². The fourth-order valence-electron chi connectivity index (χ4n) is 1.14. The van der Waals surface area contributed by atoms with E-state index in [-0.39, 0.29) is 0 Å². The summed E-state index contributed by atoms with van der Waals surface area (Å²) in [6.07, 6.45) is 4.23. The second kappa shape index (κ2) is 6.66. The number of hydrogen-bond acceptors (Lipinski definition) is 1. The Morgan fingerprint density at radius 1 is 1.18 bits per heavy atom. The van der Waals surface area contributed by atoms with Gasteiger partial charge in [-0.25, -0.2) is 0 Å². The molecule has 0 aliphatic rings. The van der Waals surface area contributed by atoms with E-state index < -0.39 is 0 Å². The zero-order valence-corrected chi connectivity index (χ0v) is 8.39. The summed E-state index contributed by atoms with van der Waals surface area (Å²) in [5.74, 6) is 0.780. The van der Waals surface area contributed by atoms with Crippen molar-refractivity contribution in [1.82, 2.24) is 0 Å². The van der Waals surface area contributed by atoms with E-state index in [1.165, 1.54) is 19.3 Å². The summed E-state index contributed by atoms with van der Waals surface area (Å²) in [5, 5.41) is 0. The van der Waals surface area contributed by atoms with Gasteiger partial charge in [0.05, 0.1) is 6.10 Å². The molecule has 1 atom stereocenters. The lowest BCUT2D eigenvalue weighted by atomic mass is 10.0. The van der Waals surface area contributed by atoms with E-state index in [0.717, 1.165) is 12.5 Å². The number of hydrogen-bond donors (Lipinski definition) is 0. The van der Waals surface area contributed by atoms with E-state index in [4.69, 9.17) is 4.74 Å². The molecule has 0 radical (unpaired) electrons. The highest BCUT2D eigenvalue weighted by Gasteiger charge is 2.05. The van der Waals surface area contributed by atoms with Crippen molar-refractivity contribution in [3.63, 3.8) is 0 Å². The summed E-state index contributed by atoms with van der Waals surface area (Å²) in [7, 11) is 0. The molecule has 0 saturated carbocycles. The molecule has 0 rings (SSSR count). The molecule has 0 saturated heterocycles. The van der Waals surface area contributed by atoms with Crippen molar-refractivity contribution in [2.45, 2.75) is 53.1 Å². The molecule has 68 valence electrons. The fraction of sp³-hybridized carbons (Fsp3) is 1.00. The van der Waals surface area contributed by atoms with Crippen LogP contribution in [0.3, 0.4) is 0 Å². The molecule has 0 aliphatic heterocycles. The highest BCUT2D eigenvalue weighted by molar-refractivity contribution is 4.55. The Hall–Kier alpha value is -0.0400. The van der Waals surface area contributed by atoms with Crippen LogP contribution < -0.4 is 0 Å². The van der Waals surface area contributed by atoms with E-state index in [9.17, 15) is 0 Å². The zero-order chi connectivity index (χ0) is 8.69. The van der Waals surface area contributed by atoms with Gasteiger partial charge in [-0.1, -0.05) is 26.7 Å². The van der Waals surface area contributed by atoms with Crippen molar-refractivity contribution < 1.29 is 4.74 Å². The normalized spacial score (nSPS) is 13.9. The second-order valence-electron chi connectivity index (χ2n) is 3.45. The Labute approximate surface area is 71.1 Å². The largest absolute Gasteiger partial charge is 0.379 e. The Kier molecular flexibility index (Phi) is 6.63. The standard InChI is InChI=1S/C10H22O/c1-5-7-10(6-2)8-11-9(3)4/h9-10H,5-8H2,1-4H3. The summed E-state index contributed by atoms with van der Waals surface area (Å²) in [5.41, 5.74) is 0. The quantitative estimate of drug-likeness (QED) is 0.576. The van der Waals surface area contributed by atoms with Crippen molar-refractivity contribution in [2.75, 3.05) is 6.61 Å². The minimum Gasteiger partial charge on any atom is -0.379 e. The van der Waals surface area contributed by atoms with Gasteiger partial charge in [0, 0.05) is 6.61 Å². The van der Waals surface area contributed by atoms with E-state index in [1.807, 2.05) is 0 Å². The predicted molar refractivity (Wildman–Crippen MR) is 49.8 cm³/mol. The first-order chi connectivity index (χ1) is 5.20. The monoisotopic (exact) mass is 158 g/mol. The lowest BCUT2D eigenvalue weighted by molar-refractivity contribution is 0.0478. The van der Waals surface area contributed by atoms with Crippen molar-refractivity contribution in [3.05, 3.63) is 0 Å². The average Bonchev–Trinajstić information content (AvgIpc) is 1.97. The maximum Gasteiger partial charge on any atom is 0.0519 e. The molecule has 0 aliphatic carbocycles. The molecule has 0 aromatic carbocycles. The molecule has 0 spiro atoms. The lowest BCUT2D eigenvalue weighted by Crippen LogP contribution is -2.12. The van der Waals surface area contributed by atoms with Gasteiger partial charge in [0.25, 0.3) is 0 Å². The van der Waals surface area contributed by atoms with Crippen LogP contribution in [0, 0.1) is 5.92 Å². The van der Waals surface area contributed by atoms with Crippen LogP contribution in [0.15, 0.2) is 0 Å². The van der Waals surface area contributed by atoms with Crippen LogP contribution in [0.25, 0.3) is 0 Å². The molecule has 1 heteroatoms. The topological polar surface area (TPSA) is 9.23 Å². The van der Waals surface area contributed by atoms with E-state index in [2.05, 4.69) is 27.7 Å². The first-order valence-corrected chi connectivity index (χ1v) is 4.82. The van der Waals surface area contributed by atoms with Gasteiger partial charge in [0.15, 0.2) is 0 Å². The van der Waals surface area contributed by atoms with Crippen LogP contribution >= 0.6 is 0 Å². The summed E-state index contributed by atoms with van der Waals surface area (Å²) in [6.45, 7) is 9.61. The van der Waals surface area contributed by atoms with Gasteiger partial charge in [-0.3, -0.25) is 0 Å². The van der Waals surface area contributed by atoms with Crippen LogP contribution in [0.1, 0.15) is 47.0 Å². The Balaban J connectivity index is 3.35. The molecule has 0 aromatic rings. The van der Waals surface area contributed by atoms with Gasteiger partial charge in [0.1, 0.15) is 0 Å². The third kappa shape index (κ3) is 6.36. The number of rotatable bonds is 6. The molecule has 0 heterocycles. The second-order valence-corrected chi connectivity index (χ2v) is 3.45. The van der Waals surface area contributed by atoms with Gasteiger partial charge in [-0.15, -0.1) is 0 Å². The van der Waals surface area contributed by atoms with Crippen LogP contribution in [0.5, 0.6) is 0 Å². The zero-order valence-electron chi connectivity index (χ0n) is 8.39. The van der Waals surface area contributed by atoms with Crippen LogP contribution in [0.4, 0.5) is 0 Å². The molecule has 0 aromatic heterocycles. The van der Waals surface area contributed by atoms with Crippen molar-refractivity contribution in [2.24, 2.45) is 5.92 Å². The molecule has 11 heavy (non-hydrogen) atoms. The summed E-state index contributed by atoms with van der Waals surface area (Å²) >= 11 is 0. The van der Waals surface area contributed by atoms with Crippen LogP contribution in [-0.4, -0.2) is 12.7 Å². The van der Waals surface area contributed by atoms with Gasteiger partial charge >= 0.3 is 0 Å². The molecule has 0 N–H and O–H groups in total. The van der Waals surface area contributed by atoms with E-state index in [1.54, 1.807) is 0 Å². The van der Waals surface area contributed by atoms with Crippen LogP contribution in [0.2, 0.25) is 0 Å². The molecule has 1 nitrogen and oxygen atoms in total. The van der Waals surface area contributed by atoms with E-state index >= 15 is 0 Å². The molecule has 0 bridgehead atoms. The molecule has 0 amide bonds. The summed E-state index contributed by atoms with van der Waals surface area (Å²) in [4.78, 5) is 0. The number of ether oxygens (including phenoxy) is 1. The first kappa shape index (κ1) is 11.0. The predicted octanol–water partition coefficient (Wildman–Crippen LogP) is 3.24. The first-order valence-electron chi connectivity index (χ1n) is 4.82. The SMILES string of the molecule is CCCC(CC)COC(C)C. The minimum absolute atomic E-state index is 0.390. The Bertz CT molecular complexity index is 78.9. The highest BCUT2D eigenvalue weighted by Crippen LogP contribution is 2.11. The third-order valence-corrected chi connectivity index (χ3v) is 1.94. The van der Waals surface area contributed by atoms with Gasteiger partial charge in [0.2, 0.25) is 0 Å². The fourth-order valence-corrected chi connectivity index (χ4v) is 1.14. The van der Waals surface area contributed by atoms with E-state index in [0.29, 0.717) is 6.10 Å². The smallest absolute Gasteiger partial charge is 0.0519 e. The highest BCUT2D eigenvalue weighted by atomic mass is 16.5. The van der Waals surface area contributed by atoms with Crippen LogP contribution in [-0.2, 0) is 4.74 Å². The third-order valence-electron chi connectivity index (χ3n) is 1.94. The summed E-state index contributed by atoms with van der Waals surface area (Å²) < 4.78 is 5.55. The molecule has 1 unspecified atom stereocenters. The average molecular weight is 158 g/mol. The maximum atomic E-state index is 5.55. The Morgan fingerprint density at radius 3 is 2.18 bits per heavy atom. The maximum absolute atomic E-state index is 5.55. The Morgan fingerprint density at radius 2 is 1.82 bits per heavy atom. The van der Waals surface area contributed by atoms with Gasteiger partial charge in [-0.2, -0.15) is 0 Å². The lowest BCUT2D eigenvalue weighted by Gasteiger charge is -2.15. The summed E-state index contributed by atoms with van der Waals surface area (Å²) in [6, 6.07) is 0. The molecular formula is C10H22O. The molecular weight excluding hydrogens is 136 g/mol.